The number of carbonyl (C=O) groups excluding carboxylic acids is 1. The first-order valence-electron chi connectivity index (χ1n) is 9.36. The fraction of sp³-hybridized carbons (Fsp3) is 0.286. The second kappa shape index (κ2) is 7.56. The smallest absolute Gasteiger partial charge is 0.373 e. The molecule has 1 aromatic carbocycles. The standard InChI is InChI=1S/C21H19F3N4O2/c1-12-9-18-17(11-30-12)20(14-3-8-19(25-10-14)26-13(2)29)27-28(18)16-6-4-15(5-7-16)21(22,23)24/h3-8,10,12H,9,11H2,1-2H3,(H,25,26,29)/t12-/m0/s1. The van der Waals surface area contributed by atoms with Crippen LogP contribution in [-0.2, 0) is 28.7 Å². The van der Waals surface area contributed by atoms with Crippen LogP contribution in [0.15, 0.2) is 42.6 Å². The van der Waals surface area contributed by atoms with Gasteiger partial charge in [0.2, 0.25) is 5.91 Å². The molecule has 1 aliphatic heterocycles. The van der Waals surface area contributed by atoms with Gasteiger partial charge in [-0.2, -0.15) is 18.3 Å². The van der Waals surface area contributed by atoms with Crippen LogP contribution in [0.2, 0.25) is 0 Å². The topological polar surface area (TPSA) is 69.0 Å². The van der Waals surface area contributed by atoms with E-state index in [1.165, 1.54) is 19.1 Å². The lowest BCUT2D eigenvalue weighted by molar-refractivity contribution is -0.137. The average Bonchev–Trinajstić information content (AvgIpc) is 3.06. The summed E-state index contributed by atoms with van der Waals surface area (Å²) in [5, 5.41) is 7.29. The van der Waals surface area contributed by atoms with Gasteiger partial charge in [-0.05, 0) is 43.3 Å². The largest absolute Gasteiger partial charge is 0.416 e. The normalized spacial score (nSPS) is 16.2. The third kappa shape index (κ3) is 3.93. The van der Waals surface area contributed by atoms with Gasteiger partial charge < -0.3 is 10.1 Å². The maximum Gasteiger partial charge on any atom is 0.416 e. The summed E-state index contributed by atoms with van der Waals surface area (Å²) >= 11 is 0. The molecule has 156 valence electrons. The summed E-state index contributed by atoms with van der Waals surface area (Å²) in [5.41, 5.74) is 2.99. The van der Waals surface area contributed by atoms with Crippen LogP contribution >= 0.6 is 0 Å². The Balaban J connectivity index is 1.76. The number of nitrogens with one attached hydrogen (secondary N) is 1. The zero-order valence-corrected chi connectivity index (χ0v) is 16.3. The van der Waals surface area contributed by atoms with E-state index in [0.29, 0.717) is 30.2 Å². The number of halogens is 3. The van der Waals surface area contributed by atoms with Gasteiger partial charge in [0.05, 0.1) is 29.7 Å². The number of alkyl halides is 3. The average molecular weight is 416 g/mol. The number of hydrogen-bond acceptors (Lipinski definition) is 4. The SMILES string of the molecule is CC(=O)Nc1ccc(-c2nn(-c3ccc(C(F)(F)F)cc3)c3c2CO[C@@H](C)C3)cn1. The number of ether oxygens (including phenoxy) is 1. The Morgan fingerprint density at radius 1 is 1.20 bits per heavy atom. The van der Waals surface area contributed by atoms with E-state index in [4.69, 9.17) is 4.74 Å². The van der Waals surface area contributed by atoms with Gasteiger partial charge in [0, 0.05) is 30.7 Å². The summed E-state index contributed by atoms with van der Waals surface area (Å²) in [7, 11) is 0. The number of carbonyl (C=O) groups is 1. The van der Waals surface area contributed by atoms with Crippen molar-refractivity contribution in [2.24, 2.45) is 0 Å². The van der Waals surface area contributed by atoms with E-state index in [1.54, 1.807) is 23.0 Å². The molecular formula is C21H19F3N4O2. The van der Waals surface area contributed by atoms with Gasteiger partial charge in [-0.15, -0.1) is 0 Å². The fourth-order valence-electron chi connectivity index (χ4n) is 3.43. The van der Waals surface area contributed by atoms with Crippen molar-refractivity contribution in [1.82, 2.24) is 14.8 Å². The summed E-state index contributed by atoms with van der Waals surface area (Å²) in [6.45, 7) is 3.69. The number of benzene rings is 1. The summed E-state index contributed by atoms with van der Waals surface area (Å²) < 4.78 is 46.2. The van der Waals surface area contributed by atoms with E-state index in [1.807, 2.05) is 6.92 Å². The molecule has 0 saturated heterocycles. The number of nitrogens with zero attached hydrogens (tertiary/aromatic N) is 3. The Labute approximate surface area is 170 Å². The highest BCUT2D eigenvalue weighted by molar-refractivity contribution is 5.87. The zero-order chi connectivity index (χ0) is 21.5. The minimum Gasteiger partial charge on any atom is -0.373 e. The van der Waals surface area contributed by atoms with Gasteiger partial charge in [0.25, 0.3) is 0 Å². The van der Waals surface area contributed by atoms with Crippen molar-refractivity contribution in [3.63, 3.8) is 0 Å². The zero-order valence-electron chi connectivity index (χ0n) is 16.3. The monoisotopic (exact) mass is 416 g/mol. The lowest BCUT2D eigenvalue weighted by atomic mass is 10.0. The Kier molecular flexibility index (Phi) is 5.07. The Bertz CT molecular complexity index is 1070. The van der Waals surface area contributed by atoms with Crippen molar-refractivity contribution in [3.8, 4) is 16.9 Å². The van der Waals surface area contributed by atoms with Gasteiger partial charge in [0.15, 0.2) is 0 Å². The van der Waals surface area contributed by atoms with Gasteiger partial charge in [-0.1, -0.05) is 0 Å². The summed E-state index contributed by atoms with van der Waals surface area (Å²) in [4.78, 5) is 15.4. The fourth-order valence-corrected chi connectivity index (χ4v) is 3.43. The Morgan fingerprint density at radius 3 is 2.53 bits per heavy atom. The first-order valence-corrected chi connectivity index (χ1v) is 9.36. The van der Waals surface area contributed by atoms with Crippen LogP contribution in [0, 0.1) is 0 Å². The van der Waals surface area contributed by atoms with Crippen molar-refractivity contribution in [2.75, 3.05) is 5.32 Å². The lowest BCUT2D eigenvalue weighted by Crippen LogP contribution is -2.21. The van der Waals surface area contributed by atoms with E-state index in [9.17, 15) is 18.0 Å². The highest BCUT2D eigenvalue weighted by atomic mass is 19.4. The number of anilines is 1. The number of amides is 1. The molecule has 3 aromatic rings. The molecule has 0 saturated carbocycles. The van der Waals surface area contributed by atoms with Gasteiger partial charge >= 0.3 is 6.18 Å². The molecule has 0 fully saturated rings. The Hall–Kier alpha value is -3.20. The quantitative estimate of drug-likeness (QED) is 0.688. The van der Waals surface area contributed by atoms with Gasteiger partial charge in [0.1, 0.15) is 11.5 Å². The van der Waals surface area contributed by atoms with Crippen LogP contribution in [0.25, 0.3) is 16.9 Å². The lowest BCUT2D eigenvalue weighted by Gasteiger charge is -2.21. The number of pyridine rings is 1. The maximum atomic E-state index is 12.9. The number of hydrogen-bond donors (Lipinski definition) is 1. The number of aromatic nitrogens is 3. The molecule has 0 radical (unpaired) electrons. The molecule has 1 atom stereocenters. The van der Waals surface area contributed by atoms with E-state index in [-0.39, 0.29) is 12.0 Å². The highest BCUT2D eigenvalue weighted by Crippen LogP contribution is 2.34. The van der Waals surface area contributed by atoms with E-state index in [0.717, 1.165) is 29.0 Å². The molecule has 1 N–H and O–H groups in total. The molecule has 1 aliphatic rings. The van der Waals surface area contributed by atoms with Crippen LogP contribution < -0.4 is 5.32 Å². The minimum absolute atomic E-state index is 0.0319. The predicted molar refractivity (Wildman–Crippen MR) is 104 cm³/mol. The number of fused-ring (bicyclic) bond motifs is 1. The third-order valence-electron chi connectivity index (χ3n) is 4.86. The van der Waals surface area contributed by atoms with Crippen LogP contribution in [0.3, 0.4) is 0 Å². The first kappa shape index (κ1) is 20.1. The summed E-state index contributed by atoms with van der Waals surface area (Å²) in [5.74, 6) is 0.203. The second-order valence-electron chi connectivity index (χ2n) is 7.17. The van der Waals surface area contributed by atoms with Crippen molar-refractivity contribution in [2.45, 2.75) is 39.2 Å². The molecule has 4 rings (SSSR count). The van der Waals surface area contributed by atoms with Crippen LogP contribution in [-0.4, -0.2) is 26.8 Å². The van der Waals surface area contributed by atoms with Crippen molar-refractivity contribution in [1.29, 1.82) is 0 Å². The molecule has 9 heteroatoms. The molecule has 0 aliphatic carbocycles. The van der Waals surface area contributed by atoms with Crippen molar-refractivity contribution >= 4 is 11.7 Å². The van der Waals surface area contributed by atoms with E-state index >= 15 is 0 Å². The molecule has 0 unspecified atom stereocenters. The summed E-state index contributed by atoms with van der Waals surface area (Å²) in [6.07, 6.45) is -2.24. The molecule has 0 bridgehead atoms. The van der Waals surface area contributed by atoms with Crippen LogP contribution in [0.5, 0.6) is 0 Å². The van der Waals surface area contributed by atoms with E-state index in [2.05, 4.69) is 15.4 Å². The third-order valence-corrected chi connectivity index (χ3v) is 4.86. The number of rotatable bonds is 3. The predicted octanol–water partition coefficient (Wildman–Crippen LogP) is 4.37. The van der Waals surface area contributed by atoms with Gasteiger partial charge in [-0.25, -0.2) is 9.67 Å². The Morgan fingerprint density at radius 2 is 1.93 bits per heavy atom. The first-order chi connectivity index (χ1) is 14.2. The molecule has 6 nitrogen and oxygen atoms in total. The molecule has 0 spiro atoms. The maximum absolute atomic E-state index is 12.9. The second-order valence-corrected chi connectivity index (χ2v) is 7.17. The van der Waals surface area contributed by atoms with Gasteiger partial charge in [-0.3, -0.25) is 4.79 Å². The van der Waals surface area contributed by atoms with Crippen LogP contribution in [0.1, 0.15) is 30.7 Å². The minimum atomic E-state index is -4.39. The van der Waals surface area contributed by atoms with E-state index < -0.39 is 11.7 Å². The molecule has 2 aromatic heterocycles. The molecular weight excluding hydrogens is 397 g/mol. The molecule has 3 heterocycles. The van der Waals surface area contributed by atoms with Crippen molar-refractivity contribution < 1.29 is 22.7 Å². The summed E-state index contributed by atoms with van der Waals surface area (Å²) in [6, 6.07) is 8.39. The highest BCUT2D eigenvalue weighted by Gasteiger charge is 2.31. The van der Waals surface area contributed by atoms with Crippen molar-refractivity contribution in [3.05, 3.63) is 59.4 Å². The van der Waals surface area contributed by atoms with Crippen LogP contribution in [0.4, 0.5) is 19.0 Å². The molecule has 30 heavy (non-hydrogen) atoms. The molecule has 1 amide bonds.